The number of H-pyrrole nitrogens is 1. The molecule has 0 saturated carbocycles. The van der Waals surface area contributed by atoms with E-state index in [-0.39, 0.29) is 120 Å². The fourth-order valence-corrected chi connectivity index (χ4v) is 23.4. The average Bonchev–Trinajstić information content (AvgIpc) is 0.961. The second-order valence-corrected chi connectivity index (χ2v) is 37.8. The Labute approximate surface area is 941 Å². The summed E-state index contributed by atoms with van der Waals surface area (Å²) < 4.78 is 0.941. The summed E-state index contributed by atoms with van der Waals surface area (Å²) in [4.78, 5) is 31.9. The van der Waals surface area contributed by atoms with Gasteiger partial charge >= 0.3 is 7.12 Å². The number of aromatic amines is 1. The number of nitro benzene ring substituents is 2. The Balaban J connectivity index is 0.000000126. The van der Waals surface area contributed by atoms with Gasteiger partial charge in [-0.2, -0.15) is 115 Å². The summed E-state index contributed by atoms with van der Waals surface area (Å²) in [5.41, 5.74) is 24.6. The SMILES string of the molecule is Brc1[c-]c(C2(c3[c-]cccc3)c3ccccc3N(c3ccccc3)c3ccccc32)ccc1.O=[N+]([O-])c1ccccc1-c1[c-]c(C2(c3[c-]cccc3)c3ccccc3N(c3ccccc3)c3ccccc32)ccc1.O=[N+]([O-])c1ccccc1B(O)O.[Y].[Y].[Y].[c-]1ccccc1C1(c2[c-]c3c(cc2)[nH]c2ccccc23)c2ccccc2N(c2ccccc2)c2ccccc21.c1ccc(P(c2ccccc2)c2ccccc2)cc1. The maximum Gasteiger partial charge on any atom is 0.495 e. The van der Waals surface area contributed by atoms with Crippen LogP contribution >= 0.6 is 23.9 Å². The van der Waals surface area contributed by atoms with Crippen LogP contribution in [0, 0.1) is 56.6 Å². The molecule has 3 N–H and O–H groups in total. The number of benzene rings is 21. The summed E-state index contributed by atoms with van der Waals surface area (Å²) in [7, 11) is -2.25. The van der Waals surface area contributed by atoms with Crippen LogP contribution < -0.4 is 36.1 Å². The molecule has 0 atom stereocenters. The van der Waals surface area contributed by atoms with Crippen LogP contribution in [0.2, 0.25) is 0 Å². The summed E-state index contributed by atoms with van der Waals surface area (Å²) in [6.07, 6.45) is 0. The van der Waals surface area contributed by atoms with Crippen molar-refractivity contribution in [1.29, 1.82) is 0 Å². The molecule has 3 aliphatic rings. The van der Waals surface area contributed by atoms with Crippen molar-refractivity contribution in [2.45, 2.75) is 16.2 Å². The maximum absolute atomic E-state index is 11.9. The Bertz CT molecular complexity index is 8100. The molecule has 1 aromatic heterocycles. The third-order valence-corrected chi connectivity index (χ3v) is 29.6. The van der Waals surface area contributed by atoms with Crippen LogP contribution in [0.1, 0.15) is 66.8 Å². The zero-order valence-electron chi connectivity index (χ0n) is 79.6. The van der Waals surface area contributed by atoms with E-state index >= 15 is 0 Å². The first-order chi connectivity index (χ1) is 70.9. The molecule has 18 heteroatoms. The van der Waals surface area contributed by atoms with E-state index < -0.39 is 36.2 Å². The smallest absolute Gasteiger partial charge is 0.423 e. The van der Waals surface area contributed by atoms with Crippen molar-refractivity contribution in [3.8, 4) is 11.1 Å². The number of hydrogen-bond donors (Lipinski definition) is 3. The van der Waals surface area contributed by atoms with Crippen LogP contribution in [0.5, 0.6) is 0 Å². The number of hydrogen-bond acceptors (Lipinski definition) is 9. The number of anilines is 9. The monoisotopic (exact) mass is 2210 g/mol. The Morgan fingerprint density at radius 2 is 0.592 bits per heavy atom. The molecule has 0 spiro atoms. The Morgan fingerprint density at radius 3 is 0.952 bits per heavy atom. The molecule has 25 rings (SSSR count). The van der Waals surface area contributed by atoms with E-state index in [9.17, 15) is 20.2 Å². The third kappa shape index (κ3) is 19.9. The van der Waals surface area contributed by atoms with Gasteiger partial charge in [0.25, 0.3) is 5.69 Å². The second-order valence-electron chi connectivity index (χ2n) is 34.7. The molecule has 3 aliphatic heterocycles. The first kappa shape index (κ1) is 103. The molecule has 0 amide bonds. The number of halogens is 1. The topological polar surface area (TPSA) is 152 Å². The van der Waals surface area contributed by atoms with Gasteiger partial charge in [0.05, 0.1) is 49.4 Å². The van der Waals surface area contributed by atoms with Gasteiger partial charge in [0.1, 0.15) is 0 Å². The standard InChI is InChI=1S/C37H24N2O2.C37H24N2.C31H20BrN.C18H15P.C6H6BNO4.3Y/c40-39(41)34-23-10-7-20-31(34)27-14-13-17-29(26-27)37(28-15-3-1-4-16-28)32-21-8-11-24-35(32)38(30-18-5-2-6-19-30)36-25-12-9-22-33(36)37;1-3-13-26(14-4-1)37(27-23-24-34-30(25-27)29-17-7-10-20-33(29)38-34)31-18-8-11-21-35(31)39(28-15-5-2-6-16-28)36-22-12-9-19-32(36)37;32-25-15-11-14-24(22-25)31(23-12-3-1-4-13-23)27-18-7-9-20-29(27)33(26-16-5-2-6-17-26)30-21-10-8-19-28(30)31;1-4-10-16(11-5-1)19(17-12-6-2-7-13-17)18-14-8-3-9-15-18;9-7(10)5-3-1-2-4-6(5)8(11)12;;;/h1-15,17-25H;1-13,15-24,38H;1-12,14-21H;1-15H;1-4,9-10H;;;/q3*-2;;;;;. The predicted molar refractivity (Wildman–Crippen MR) is 589 cm³/mol. The van der Waals surface area contributed by atoms with E-state index in [4.69, 9.17) is 10.0 Å². The van der Waals surface area contributed by atoms with Crippen LogP contribution in [0.4, 0.5) is 62.6 Å². The van der Waals surface area contributed by atoms with E-state index in [2.05, 4.69) is 478 Å². The van der Waals surface area contributed by atoms with Gasteiger partial charge in [0, 0.05) is 144 Å². The minimum absolute atomic E-state index is 0. The molecular weight excluding hydrogens is 2120 g/mol. The van der Waals surface area contributed by atoms with Crippen LogP contribution in [0.25, 0.3) is 32.9 Å². The quantitative estimate of drug-likeness (QED) is 0.0282. The third-order valence-electron chi connectivity index (χ3n) is 26.7. The first-order valence-corrected chi connectivity index (χ1v) is 49.5. The molecule has 701 valence electrons. The van der Waals surface area contributed by atoms with Crippen LogP contribution in [-0.2, 0) is 114 Å². The maximum atomic E-state index is 11.9. The summed E-state index contributed by atoms with van der Waals surface area (Å²) in [6, 6.07) is 200. The van der Waals surface area contributed by atoms with Crippen molar-refractivity contribution in [3.05, 3.63) is 650 Å². The van der Waals surface area contributed by atoms with Gasteiger partial charge in [-0.05, 0) is 153 Å². The number of aromatic nitrogens is 1. The molecule has 0 unspecified atom stereocenters. The van der Waals surface area contributed by atoms with Crippen molar-refractivity contribution < 1.29 is 118 Å². The summed E-state index contributed by atoms with van der Waals surface area (Å²) in [6.45, 7) is 0. The molecule has 4 heterocycles. The van der Waals surface area contributed by atoms with Crippen molar-refractivity contribution >= 4 is 137 Å². The molecule has 0 saturated heterocycles. The fraction of sp³-hybridized carbons (Fsp3) is 0.0233. The summed E-state index contributed by atoms with van der Waals surface area (Å²) in [5.74, 6) is 0. The minimum atomic E-state index is -1.80. The molecule has 0 aliphatic carbocycles. The molecule has 22 aromatic rings. The van der Waals surface area contributed by atoms with Gasteiger partial charge in [0.2, 0.25) is 5.69 Å². The van der Waals surface area contributed by atoms with Gasteiger partial charge in [0.15, 0.2) is 0 Å². The number of nitrogens with one attached hydrogen (secondary N) is 1. The first-order valence-electron chi connectivity index (χ1n) is 47.4. The van der Waals surface area contributed by atoms with Gasteiger partial charge in [-0.15, -0.1) is 86.8 Å². The van der Waals surface area contributed by atoms with Gasteiger partial charge in [-0.1, -0.05) is 335 Å². The van der Waals surface area contributed by atoms with Crippen LogP contribution in [0.3, 0.4) is 0 Å². The zero-order chi connectivity index (χ0) is 97.9. The number of fused-ring (bicyclic) bond motifs is 9. The van der Waals surface area contributed by atoms with E-state index in [1.807, 2.05) is 72.8 Å². The van der Waals surface area contributed by atoms with E-state index in [1.54, 1.807) is 18.2 Å². The number of para-hydroxylation sites is 12. The van der Waals surface area contributed by atoms with Crippen LogP contribution in [-0.4, -0.2) is 32.0 Å². The zero-order valence-corrected chi connectivity index (χ0v) is 90.5. The van der Waals surface area contributed by atoms with Gasteiger partial charge in [-0.3, -0.25) is 20.2 Å². The molecule has 3 radical (unpaired) electrons. The number of nitro groups is 2. The van der Waals surface area contributed by atoms with Gasteiger partial charge in [-0.25, -0.2) is 0 Å². The number of rotatable bonds is 16. The van der Waals surface area contributed by atoms with Crippen molar-refractivity contribution in [2.75, 3.05) is 14.7 Å². The Morgan fingerprint density at radius 1 is 0.286 bits per heavy atom. The Hall–Kier alpha value is -14.2. The van der Waals surface area contributed by atoms with Gasteiger partial charge < -0.3 is 29.7 Å². The second kappa shape index (κ2) is 46.7. The van der Waals surface area contributed by atoms with Crippen molar-refractivity contribution in [2.24, 2.45) is 0 Å². The Kier molecular flexibility index (Phi) is 32.7. The largest absolute Gasteiger partial charge is 0.495 e. The van der Waals surface area contributed by atoms with Crippen molar-refractivity contribution in [3.63, 3.8) is 0 Å². The molecule has 12 nitrogen and oxygen atoms in total. The molecule has 0 fully saturated rings. The predicted octanol–water partition coefficient (Wildman–Crippen LogP) is 29.0. The molecular formula is C129H89BBrN6O6PY3-6. The molecule has 0 bridgehead atoms. The van der Waals surface area contributed by atoms with E-state index in [0.29, 0.717) is 11.1 Å². The van der Waals surface area contributed by atoms with Crippen LogP contribution in [0.15, 0.2) is 526 Å². The van der Waals surface area contributed by atoms with E-state index in [1.165, 1.54) is 67.8 Å². The molecule has 21 aromatic carbocycles. The normalized spacial score (nSPS) is 12.6. The minimum Gasteiger partial charge on any atom is -0.423 e. The average molecular weight is 2210 g/mol. The number of nitrogens with zero attached hydrogens (tertiary/aromatic N) is 5. The molecule has 147 heavy (non-hydrogen) atoms. The fourth-order valence-electron chi connectivity index (χ4n) is 20.8. The van der Waals surface area contributed by atoms with Crippen molar-refractivity contribution in [1.82, 2.24) is 4.98 Å². The van der Waals surface area contributed by atoms with E-state index in [0.717, 1.165) is 117 Å². The summed E-state index contributed by atoms with van der Waals surface area (Å²) in [5, 5.41) is 46.2. The summed E-state index contributed by atoms with van der Waals surface area (Å²) >= 11 is 3.68.